The number of aliphatic hydroxyl groups excluding tert-OH is 1. The van der Waals surface area contributed by atoms with Crippen molar-refractivity contribution in [2.24, 2.45) is 17.3 Å². The third-order valence-electron chi connectivity index (χ3n) is 8.07. The summed E-state index contributed by atoms with van der Waals surface area (Å²) in [4.78, 5) is 30.0. The van der Waals surface area contributed by atoms with Crippen molar-refractivity contribution in [3.8, 4) is 0 Å². The van der Waals surface area contributed by atoms with Gasteiger partial charge in [-0.15, -0.1) is 0 Å². The van der Waals surface area contributed by atoms with Crippen LogP contribution in [0.25, 0.3) is 10.9 Å². The van der Waals surface area contributed by atoms with Gasteiger partial charge in [0.25, 0.3) is 5.91 Å². The summed E-state index contributed by atoms with van der Waals surface area (Å²) in [5.41, 5.74) is 1.82. The van der Waals surface area contributed by atoms with E-state index in [1.807, 2.05) is 37.3 Å². The van der Waals surface area contributed by atoms with Crippen LogP contribution < -0.4 is 16.0 Å². The highest BCUT2D eigenvalue weighted by Gasteiger charge is 2.36. The van der Waals surface area contributed by atoms with Gasteiger partial charge in [0.2, 0.25) is 0 Å². The van der Waals surface area contributed by atoms with Gasteiger partial charge in [0.1, 0.15) is 5.82 Å². The minimum absolute atomic E-state index is 0.0679. The Balaban J connectivity index is 1.40. The number of pyridine rings is 1. The summed E-state index contributed by atoms with van der Waals surface area (Å²) in [6, 6.07) is 10.8. The molecule has 204 valence electrons. The van der Waals surface area contributed by atoms with Crippen LogP contribution in [0.1, 0.15) is 81.9 Å². The van der Waals surface area contributed by atoms with Crippen molar-refractivity contribution >= 4 is 28.7 Å². The molecule has 4 rings (SSSR count). The van der Waals surface area contributed by atoms with Crippen molar-refractivity contribution in [2.45, 2.75) is 71.9 Å². The molecule has 9 nitrogen and oxygen atoms in total. The van der Waals surface area contributed by atoms with Crippen LogP contribution >= 0.6 is 0 Å². The molecule has 5 N–H and O–H groups in total. The van der Waals surface area contributed by atoms with Crippen molar-refractivity contribution in [3.05, 3.63) is 53.9 Å². The first-order valence-electron chi connectivity index (χ1n) is 13.6. The summed E-state index contributed by atoms with van der Waals surface area (Å²) in [7, 11) is 0. The van der Waals surface area contributed by atoms with Crippen LogP contribution in [0, 0.1) is 17.3 Å². The van der Waals surface area contributed by atoms with Crippen LogP contribution in [0.3, 0.4) is 0 Å². The number of aliphatic hydroxyl groups is 1. The maximum absolute atomic E-state index is 13.2. The van der Waals surface area contributed by atoms with Crippen LogP contribution in [0.4, 0.5) is 10.6 Å². The number of hydrogen-bond acceptors (Lipinski definition) is 5. The molecule has 4 unspecified atom stereocenters. The molecule has 2 aromatic heterocycles. The second kappa shape index (κ2) is 11.9. The molecular formula is C29H40N6O3. The Morgan fingerprint density at radius 1 is 1.18 bits per heavy atom. The number of amides is 3. The largest absolute Gasteiger partial charge is 0.393 e. The van der Waals surface area contributed by atoms with Crippen LogP contribution in [0.5, 0.6) is 0 Å². The molecule has 9 heteroatoms. The number of aromatic amines is 1. The fraction of sp³-hybridized carbons (Fsp3) is 0.517. The van der Waals surface area contributed by atoms with Gasteiger partial charge in [-0.3, -0.25) is 15.2 Å². The van der Waals surface area contributed by atoms with E-state index in [0.29, 0.717) is 29.2 Å². The van der Waals surface area contributed by atoms with Gasteiger partial charge in [-0.2, -0.15) is 5.10 Å². The number of anilines is 1. The summed E-state index contributed by atoms with van der Waals surface area (Å²) in [6.07, 6.45) is 5.91. The Morgan fingerprint density at radius 2 is 1.95 bits per heavy atom. The summed E-state index contributed by atoms with van der Waals surface area (Å²) in [5, 5.41) is 27.0. The van der Waals surface area contributed by atoms with E-state index in [9.17, 15) is 14.7 Å². The van der Waals surface area contributed by atoms with Gasteiger partial charge < -0.3 is 15.7 Å². The summed E-state index contributed by atoms with van der Waals surface area (Å²) in [6.45, 7) is 8.95. The van der Waals surface area contributed by atoms with E-state index in [4.69, 9.17) is 0 Å². The van der Waals surface area contributed by atoms with E-state index in [1.54, 1.807) is 12.3 Å². The van der Waals surface area contributed by atoms with E-state index in [2.05, 4.69) is 51.9 Å². The standard InChI is InChI=1S/C29H40N6O3/c1-5-29(14-18(2)11-12-24(36)19(3)15-29)17-31-27(37)26-22-16-30-25(13-23(22)34-35-26)33-28(38)32-20(4)21-9-7-6-8-10-21/h6-10,13,16,18-20,24,36H,5,11-12,14-15,17H2,1-4H3,(H,31,37)(H,34,35)(H2,30,32,33,38)/t18?,19?,20-,24?,29?/m1/s1. The van der Waals surface area contributed by atoms with Crippen molar-refractivity contribution in [1.82, 2.24) is 25.8 Å². The third-order valence-corrected chi connectivity index (χ3v) is 8.07. The molecule has 1 saturated carbocycles. The molecule has 1 aromatic carbocycles. The summed E-state index contributed by atoms with van der Waals surface area (Å²) >= 11 is 0. The van der Waals surface area contributed by atoms with Crippen molar-refractivity contribution < 1.29 is 14.7 Å². The minimum Gasteiger partial charge on any atom is -0.393 e. The topological polar surface area (TPSA) is 132 Å². The number of urea groups is 1. The number of hydrogen-bond donors (Lipinski definition) is 5. The lowest BCUT2D eigenvalue weighted by Gasteiger charge is -2.41. The molecule has 0 radical (unpaired) electrons. The molecule has 5 atom stereocenters. The van der Waals surface area contributed by atoms with Gasteiger partial charge >= 0.3 is 6.03 Å². The molecule has 1 fully saturated rings. The first-order chi connectivity index (χ1) is 18.2. The van der Waals surface area contributed by atoms with E-state index in [-0.39, 0.29) is 41.1 Å². The van der Waals surface area contributed by atoms with Crippen molar-refractivity contribution in [1.29, 1.82) is 0 Å². The highest BCUT2D eigenvalue weighted by molar-refractivity contribution is 6.05. The molecule has 0 bridgehead atoms. The Kier molecular flexibility index (Phi) is 8.66. The fourth-order valence-electron chi connectivity index (χ4n) is 5.72. The number of carbonyl (C=O) groups excluding carboxylic acids is 2. The predicted octanol–water partition coefficient (Wildman–Crippen LogP) is 5.17. The fourth-order valence-corrected chi connectivity index (χ4v) is 5.72. The van der Waals surface area contributed by atoms with Crippen LogP contribution in [-0.2, 0) is 0 Å². The number of H-pyrrole nitrogens is 1. The molecule has 0 saturated heterocycles. The zero-order valence-corrected chi connectivity index (χ0v) is 22.8. The zero-order valence-electron chi connectivity index (χ0n) is 22.8. The second-order valence-electron chi connectivity index (χ2n) is 11.1. The van der Waals surface area contributed by atoms with E-state index in [1.165, 1.54) is 0 Å². The number of nitrogens with zero attached hydrogens (tertiary/aromatic N) is 2. The number of benzene rings is 1. The average Bonchev–Trinajstić information content (AvgIpc) is 3.33. The van der Waals surface area contributed by atoms with Gasteiger partial charge in [-0.1, -0.05) is 51.1 Å². The van der Waals surface area contributed by atoms with Gasteiger partial charge in [0.15, 0.2) is 5.69 Å². The van der Waals surface area contributed by atoms with Gasteiger partial charge in [-0.05, 0) is 61.8 Å². The Labute approximate surface area is 224 Å². The second-order valence-corrected chi connectivity index (χ2v) is 11.1. The Morgan fingerprint density at radius 3 is 2.68 bits per heavy atom. The van der Waals surface area contributed by atoms with Crippen molar-refractivity contribution in [3.63, 3.8) is 0 Å². The predicted molar refractivity (Wildman–Crippen MR) is 149 cm³/mol. The molecule has 3 amide bonds. The number of aromatic nitrogens is 3. The lowest BCUT2D eigenvalue weighted by molar-refractivity contribution is 0.0350. The lowest BCUT2D eigenvalue weighted by Crippen LogP contribution is -2.42. The lowest BCUT2D eigenvalue weighted by atomic mass is 9.67. The molecule has 0 aliphatic heterocycles. The third kappa shape index (κ3) is 6.51. The highest BCUT2D eigenvalue weighted by atomic mass is 16.3. The summed E-state index contributed by atoms with van der Waals surface area (Å²) in [5.74, 6) is 0.771. The van der Waals surface area contributed by atoms with Crippen LogP contribution in [-0.4, -0.2) is 44.9 Å². The monoisotopic (exact) mass is 520 g/mol. The molecule has 1 aliphatic rings. The first kappa shape index (κ1) is 27.6. The minimum atomic E-state index is -0.372. The molecule has 3 aromatic rings. The normalized spacial score (nSPS) is 24.7. The van der Waals surface area contributed by atoms with Gasteiger partial charge in [0, 0.05) is 18.8 Å². The molecule has 1 aliphatic carbocycles. The number of fused-ring (bicyclic) bond motifs is 1. The maximum Gasteiger partial charge on any atom is 0.320 e. The van der Waals surface area contributed by atoms with Crippen LogP contribution in [0.2, 0.25) is 0 Å². The quantitative estimate of drug-likeness (QED) is 0.293. The van der Waals surface area contributed by atoms with E-state index in [0.717, 1.165) is 37.7 Å². The number of nitrogens with one attached hydrogen (secondary N) is 4. The molecular weight excluding hydrogens is 480 g/mol. The zero-order chi connectivity index (χ0) is 27.3. The molecule has 2 heterocycles. The first-order valence-corrected chi connectivity index (χ1v) is 13.6. The van der Waals surface area contributed by atoms with Gasteiger partial charge in [0.05, 0.1) is 23.0 Å². The number of rotatable bonds is 7. The smallest absolute Gasteiger partial charge is 0.320 e. The highest BCUT2D eigenvalue weighted by Crippen LogP contribution is 2.41. The number of carbonyl (C=O) groups is 2. The van der Waals surface area contributed by atoms with E-state index >= 15 is 0 Å². The summed E-state index contributed by atoms with van der Waals surface area (Å²) < 4.78 is 0. The molecule has 0 spiro atoms. The average molecular weight is 521 g/mol. The molecule has 38 heavy (non-hydrogen) atoms. The van der Waals surface area contributed by atoms with Gasteiger partial charge in [-0.25, -0.2) is 9.78 Å². The Hall–Kier alpha value is -3.46. The maximum atomic E-state index is 13.2. The van der Waals surface area contributed by atoms with Crippen LogP contribution in [0.15, 0.2) is 42.6 Å². The van der Waals surface area contributed by atoms with Crippen molar-refractivity contribution in [2.75, 3.05) is 11.9 Å². The SMILES string of the molecule is CCC1(CNC(=O)c2n[nH]c3cc(NC(=O)N[C@H](C)c4ccccc4)ncc23)CC(C)CCC(O)C(C)C1. The Bertz CT molecular complexity index is 1250. The van der Waals surface area contributed by atoms with E-state index < -0.39 is 0 Å².